The molecule has 1 atom stereocenters. The van der Waals surface area contributed by atoms with E-state index >= 15 is 0 Å². The van der Waals surface area contributed by atoms with Gasteiger partial charge in [-0.05, 0) is 40.6 Å². The second kappa shape index (κ2) is 4.18. The molecule has 64 valence electrons. The van der Waals surface area contributed by atoms with Gasteiger partial charge in [0, 0.05) is 0 Å². The van der Waals surface area contributed by atoms with E-state index in [4.69, 9.17) is 0 Å². The number of aryl methyl sites for hydroxylation is 1. The van der Waals surface area contributed by atoms with Crippen LogP contribution in [0.1, 0.15) is 11.1 Å². The summed E-state index contributed by atoms with van der Waals surface area (Å²) < 4.78 is 20.4. The van der Waals surface area contributed by atoms with Gasteiger partial charge in [0.05, 0.1) is 0 Å². The van der Waals surface area contributed by atoms with Crippen molar-refractivity contribution in [2.45, 2.75) is 6.92 Å². The lowest BCUT2D eigenvalue weighted by molar-refractivity contribution is 0.546. The fraction of sp³-hybridized carbons (Fsp3) is 0.111. The average Bonchev–Trinajstić information content (AvgIpc) is 2.03. The maximum atomic E-state index is 10.2. The van der Waals surface area contributed by atoms with Gasteiger partial charge >= 0.3 is 0 Å². The van der Waals surface area contributed by atoms with Crippen LogP contribution in [-0.4, -0.2) is 8.76 Å². The van der Waals surface area contributed by atoms with Crippen molar-refractivity contribution in [1.29, 1.82) is 0 Å². The van der Waals surface area contributed by atoms with Crippen LogP contribution in [-0.2, 0) is 11.1 Å². The fourth-order valence-corrected chi connectivity index (χ4v) is 1.16. The van der Waals surface area contributed by atoms with Gasteiger partial charge in [-0.2, -0.15) is 0 Å². The largest absolute Gasteiger partial charge is 0.769 e. The Morgan fingerprint density at radius 3 is 2.67 bits per heavy atom. The van der Waals surface area contributed by atoms with Crippen molar-refractivity contribution >= 4 is 17.2 Å². The van der Waals surface area contributed by atoms with Crippen LogP contribution in [0.15, 0.2) is 29.7 Å². The number of rotatable bonds is 2. The lowest BCUT2D eigenvalue weighted by Crippen LogP contribution is -1.80. The molecule has 0 fully saturated rings. The van der Waals surface area contributed by atoms with Gasteiger partial charge in [0.15, 0.2) is 0 Å². The molecule has 0 spiro atoms. The molecule has 0 aromatic heterocycles. The normalized spacial score (nSPS) is 13.5. The van der Waals surface area contributed by atoms with E-state index in [1.807, 2.05) is 31.2 Å². The first-order valence-electron chi connectivity index (χ1n) is 3.52. The summed E-state index contributed by atoms with van der Waals surface area (Å²) >= 11 is -2.10. The van der Waals surface area contributed by atoms with E-state index in [1.54, 1.807) is 6.08 Å². The average molecular weight is 181 g/mol. The number of benzene rings is 1. The minimum Gasteiger partial charge on any atom is -0.769 e. The Morgan fingerprint density at radius 1 is 1.42 bits per heavy atom. The molecular weight excluding hydrogens is 172 g/mol. The summed E-state index contributed by atoms with van der Waals surface area (Å²) in [6, 6.07) is 7.60. The third kappa shape index (κ3) is 2.60. The molecular formula is C9H9O2S-. The molecule has 1 unspecified atom stereocenters. The molecule has 1 aromatic carbocycles. The third-order valence-electron chi connectivity index (χ3n) is 1.55. The van der Waals surface area contributed by atoms with E-state index in [1.165, 1.54) is 0 Å². The van der Waals surface area contributed by atoms with Gasteiger partial charge in [0.1, 0.15) is 0 Å². The number of hydrogen-bond acceptors (Lipinski definition) is 2. The molecule has 0 saturated carbocycles. The predicted octanol–water partition coefficient (Wildman–Crippen LogP) is 1.84. The fourth-order valence-electron chi connectivity index (χ4n) is 0.903. The maximum Gasteiger partial charge on any atom is -0.0109 e. The van der Waals surface area contributed by atoms with Crippen LogP contribution in [0.2, 0.25) is 0 Å². The molecule has 0 aliphatic heterocycles. The highest BCUT2D eigenvalue weighted by molar-refractivity contribution is 7.82. The molecule has 1 rings (SSSR count). The summed E-state index contributed by atoms with van der Waals surface area (Å²) in [6.45, 7) is 1.94. The lowest BCUT2D eigenvalue weighted by atomic mass is 10.1. The molecule has 0 radical (unpaired) electrons. The van der Waals surface area contributed by atoms with Crippen molar-refractivity contribution in [3.8, 4) is 0 Å². The van der Waals surface area contributed by atoms with Crippen LogP contribution in [0.4, 0.5) is 0 Å². The molecule has 0 aliphatic carbocycles. The monoisotopic (exact) mass is 181 g/mol. The van der Waals surface area contributed by atoms with Crippen LogP contribution in [0.3, 0.4) is 0 Å². The van der Waals surface area contributed by atoms with Crippen molar-refractivity contribution in [2.75, 3.05) is 0 Å². The molecule has 0 saturated heterocycles. The SMILES string of the molecule is Cc1ccccc1C=CS(=O)[O-]. The van der Waals surface area contributed by atoms with Crippen molar-refractivity contribution < 1.29 is 8.76 Å². The topological polar surface area (TPSA) is 40.1 Å². The molecule has 3 heteroatoms. The van der Waals surface area contributed by atoms with Crippen LogP contribution < -0.4 is 0 Å². The zero-order valence-electron chi connectivity index (χ0n) is 6.69. The maximum absolute atomic E-state index is 10.2. The zero-order chi connectivity index (χ0) is 8.97. The standard InChI is InChI=1S/C9H10O2S/c1-8-4-2-3-5-9(8)6-7-12(10)11/h2-7H,1H3,(H,10,11)/p-1. The van der Waals surface area contributed by atoms with E-state index in [-0.39, 0.29) is 0 Å². The minimum atomic E-state index is -2.10. The minimum absolute atomic E-state index is 0.932. The molecule has 12 heavy (non-hydrogen) atoms. The first kappa shape index (κ1) is 9.16. The van der Waals surface area contributed by atoms with Gasteiger partial charge in [-0.15, -0.1) is 0 Å². The van der Waals surface area contributed by atoms with Crippen molar-refractivity contribution in [3.05, 3.63) is 40.8 Å². The van der Waals surface area contributed by atoms with E-state index in [0.717, 1.165) is 16.5 Å². The van der Waals surface area contributed by atoms with E-state index in [2.05, 4.69) is 0 Å². The Morgan fingerprint density at radius 2 is 2.08 bits per heavy atom. The van der Waals surface area contributed by atoms with E-state index < -0.39 is 11.1 Å². The van der Waals surface area contributed by atoms with E-state index in [9.17, 15) is 8.76 Å². The highest BCUT2D eigenvalue weighted by Crippen LogP contribution is 2.08. The summed E-state index contributed by atoms with van der Waals surface area (Å²) in [6.07, 6.45) is 1.58. The van der Waals surface area contributed by atoms with Crippen LogP contribution in [0, 0.1) is 6.92 Å². The first-order valence-corrected chi connectivity index (χ1v) is 4.66. The van der Waals surface area contributed by atoms with Gasteiger partial charge in [-0.1, -0.05) is 24.3 Å². The molecule has 0 aliphatic rings. The van der Waals surface area contributed by atoms with Crippen molar-refractivity contribution in [3.63, 3.8) is 0 Å². The quantitative estimate of drug-likeness (QED) is 0.653. The van der Waals surface area contributed by atoms with Gasteiger partial charge in [0.25, 0.3) is 0 Å². The second-order valence-electron chi connectivity index (χ2n) is 2.42. The molecule has 0 bridgehead atoms. The summed E-state index contributed by atoms with van der Waals surface area (Å²) in [5, 5.41) is 1.14. The highest BCUT2D eigenvalue weighted by atomic mass is 32.2. The smallest absolute Gasteiger partial charge is 0.0109 e. The first-order chi connectivity index (χ1) is 5.70. The van der Waals surface area contributed by atoms with Gasteiger partial charge in [-0.25, -0.2) is 0 Å². The Labute approximate surface area is 74.2 Å². The van der Waals surface area contributed by atoms with Crippen LogP contribution in [0.25, 0.3) is 6.08 Å². The summed E-state index contributed by atoms with van der Waals surface area (Å²) in [7, 11) is 0. The van der Waals surface area contributed by atoms with Crippen molar-refractivity contribution in [1.82, 2.24) is 0 Å². The Kier molecular flexibility index (Phi) is 3.19. The second-order valence-corrected chi connectivity index (χ2v) is 3.21. The zero-order valence-corrected chi connectivity index (χ0v) is 7.51. The molecule has 0 amide bonds. The molecule has 0 heterocycles. The van der Waals surface area contributed by atoms with Crippen molar-refractivity contribution in [2.24, 2.45) is 0 Å². The number of hydrogen-bond donors (Lipinski definition) is 0. The lowest BCUT2D eigenvalue weighted by Gasteiger charge is -1.99. The molecule has 2 nitrogen and oxygen atoms in total. The van der Waals surface area contributed by atoms with Gasteiger partial charge in [-0.3, -0.25) is 4.21 Å². The summed E-state index contributed by atoms with van der Waals surface area (Å²) in [4.78, 5) is 0. The summed E-state index contributed by atoms with van der Waals surface area (Å²) in [5.41, 5.74) is 2.00. The van der Waals surface area contributed by atoms with E-state index in [0.29, 0.717) is 0 Å². The Hall–Kier alpha value is -0.930. The Balaban J connectivity index is 2.89. The Bertz CT molecular complexity index is 318. The highest BCUT2D eigenvalue weighted by Gasteiger charge is 1.89. The van der Waals surface area contributed by atoms with Crippen LogP contribution >= 0.6 is 0 Å². The molecule has 0 N–H and O–H groups in total. The van der Waals surface area contributed by atoms with Gasteiger partial charge < -0.3 is 4.55 Å². The molecule has 1 aromatic rings. The predicted molar refractivity (Wildman–Crippen MR) is 49.1 cm³/mol. The summed E-state index contributed by atoms with van der Waals surface area (Å²) in [5.74, 6) is 0. The van der Waals surface area contributed by atoms with Gasteiger partial charge in [0.2, 0.25) is 0 Å². The van der Waals surface area contributed by atoms with Crippen LogP contribution in [0.5, 0.6) is 0 Å². The third-order valence-corrected chi connectivity index (χ3v) is 1.91.